The second-order valence-corrected chi connectivity index (χ2v) is 6.00. The van der Waals surface area contributed by atoms with Gasteiger partial charge in [-0.15, -0.1) is 0 Å². The van der Waals surface area contributed by atoms with Crippen molar-refractivity contribution in [2.24, 2.45) is 11.8 Å². The van der Waals surface area contributed by atoms with Gasteiger partial charge >= 0.3 is 5.97 Å². The number of hydrogen-bond donors (Lipinski definition) is 1. The highest BCUT2D eigenvalue weighted by molar-refractivity contribution is 5.79. The molecule has 2 heterocycles. The fourth-order valence-electron chi connectivity index (χ4n) is 2.99. The molecule has 2 atom stereocenters. The van der Waals surface area contributed by atoms with Crippen LogP contribution in [0.4, 0.5) is 0 Å². The summed E-state index contributed by atoms with van der Waals surface area (Å²) in [6.45, 7) is 4.66. The first-order chi connectivity index (χ1) is 10.0. The van der Waals surface area contributed by atoms with Crippen molar-refractivity contribution < 1.29 is 14.7 Å². The van der Waals surface area contributed by atoms with Crippen LogP contribution in [-0.2, 0) is 9.59 Å². The highest BCUT2D eigenvalue weighted by Gasteiger charge is 2.38. The third kappa shape index (κ3) is 3.60. The first-order valence-electron chi connectivity index (χ1n) is 7.43. The van der Waals surface area contributed by atoms with Crippen LogP contribution < -0.4 is 0 Å². The van der Waals surface area contributed by atoms with Crippen molar-refractivity contribution in [3.8, 4) is 0 Å². The Kier molecular flexibility index (Phi) is 4.94. The Bertz CT molecular complexity index is 502. The summed E-state index contributed by atoms with van der Waals surface area (Å²) in [5, 5.41) is 9.58. The average Bonchev–Trinajstić information content (AvgIpc) is 2.60. The van der Waals surface area contributed by atoms with E-state index in [0.29, 0.717) is 31.7 Å². The molecular formula is C16H22N2O3. The number of carbonyl (C=O) groups excluding carboxylic acids is 1. The first-order valence-corrected chi connectivity index (χ1v) is 7.43. The van der Waals surface area contributed by atoms with E-state index in [-0.39, 0.29) is 5.91 Å². The Hall–Kier alpha value is -1.91. The van der Waals surface area contributed by atoms with Crippen molar-refractivity contribution in [1.29, 1.82) is 0 Å². The second-order valence-electron chi connectivity index (χ2n) is 6.00. The molecule has 1 fully saturated rings. The minimum atomic E-state index is -0.833. The van der Waals surface area contributed by atoms with Crippen LogP contribution in [-0.4, -0.2) is 33.4 Å². The maximum absolute atomic E-state index is 12.4. The molecule has 0 bridgehead atoms. The largest absolute Gasteiger partial charge is 0.481 e. The van der Waals surface area contributed by atoms with Crippen LogP contribution in [0.15, 0.2) is 24.5 Å². The van der Waals surface area contributed by atoms with Gasteiger partial charge in [0.2, 0.25) is 5.91 Å². The van der Waals surface area contributed by atoms with Gasteiger partial charge in [-0.3, -0.25) is 14.6 Å². The van der Waals surface area contributed by atoms with E-state index in [1.165, 1.54) is 0 Å². The predicted molar refractivity (Wildman–Crippen MR) is 78.5 cm³/mol. The molecule has 0 aliphatic carbocycles. The van der Waals surface area contributed by atoms with E-state index in [1.54, 1.807) is 17.3 Å². The lowest BCUT2D eigenvalue weighted by Crippen LogP contribution is -2.41. The number of amides is 1. The van der Waals surface area contributed by atoms with Crippen LogP contribution >= 0.6 is 0 Å². The summed E-state index contributed by atoms with van der Waals surface area (Å²) in [6, 6.07) is 3.22. The van der Waals surface area contributed by atoms with Crippen LogP contribution in [0.1, 0.15) is 44.7 Å². The normalized spacial score (nSPS) is 23.2. The summed E-state index contributed by atoms with van der Waals surface area (Å²) in [5.41, 5.74) is 0.855. The van der Waals surface area contributed by atoms with Crippen LogP contribution in [0, 0.1) is 11.8 Å². The Balaban J connectivity index is 2.44. The number of carboxylic acids is 1. The van der Waals surface area contributed by atoms with E-state index in [0.717, 1.165) is 5.56 Å². The predicted octanol–water partition coefficient (Wildman–Crippen LogP) is 2.49. The van der Waals surface area contributed by atoms with Crippen LogP contribution in [0.2, 0.25) is 0 Å². The van der Waals surface area contributed by atoms with E-state index in [4.69, 9.17) is 0 Å². The van der Waals surface area contributed by atoms with Gasteiger partial charge < -0.3 is 10.0 Å². The standard InChI is InChI=1S/C16H22N2O3/c1-11(2)10-18-14(19)5-3-4-13(16(20)21)15(18)12-6-8-17-9-7-12/h6-9,11,13,15H,3-5,10H2,1-2H3,(H,20,21). The molecule has 114 valence electrons. The molecule has 1 aliphatic rings. The van der Waals surface area contributed by atoms with Crippen molar-refractivity contribution in [1.82, 2.24) is 9.88 Å². The lowest BCUT2D eigenvalue weighted by Gasteiger charge is -2.35. The lowest BCUT2D eigenvalue weighted by molar-refractivity contribution is -0.146. The summed E-state index contributed by atoms with van der Waals surface area (Å²) in [6.07, 6.45) is 4.89. The minimum Gasteiger partial charge on any atom is -0.481 e. The van der Waals surface area contributed by atoms with Crippen LogP contribution in [0.3, 0.4) is 0 Å². The van der Waals surface area contributed by atoms with Crippen molar-refractivity contribution in [2.75, 3.05) is 6.54 Å². The van der Waals surface area contributed by atoms with Crippen LogP contribution in [0.5, 0.6) is 0 Å². The molecule has 5 nitrogen and oxygen atoms in total. The van der Waals surface area contributed by atoms with Gasteiger partial charge in [0.25, 0.3) is 0 Å². The maximum atomic E-state index is 12.4. The van der Waals surface area contributed by atoms with Crippen molar-refractivity contribution >= 4 is 11.9 Å². The van der Waals surface area contributed by atoms with E-state index in [9.17, 15) is 14.7 Å². The smallest absolute Gasteiger partial charge is 0.308 e. The third-order valence-electron chi connectivity index (χ3n) is 3.87. The molecule has 1 N–H and O–H groups in total. The van der Waals surface area contributed by atoms with E-state index >= 15 is 0 Å². The zero-order chi connectivity index (χ0) is 15.4. The quantitative estimate of drug-likeness (QED) is 0.925. The Morgan fingerprint density at radius 3 is 2.67 bits per heavy atom. The summed E-state index contributed by atoms with van der Waals surface area (Å²) in [7, 11) is 0. The van der Waals surface area contributed by atoms with Gasteiger partial charge in [-0.05, 0) is 36.5 Å². The molecule has 1 saturated heterocycles. The number of aliphatic carboxylic acids is 1. The number of carbonyl (C=O) groups is 2. The highest BCUT2D eigenvalue weighted by Crippen LogP contribution is 2.36. The number of carboxylic acid groups (broad SMARTS) is 1. The van der Waals surface area contributed by atoms with Gasteiger partial charge in [0.05, 0.1) is 12.0 Å². The summed E-state index contributed by atoms with van der Waals surface area (Å²) >= 11 is 0. The molecule has 0 radical (unpaired) electrons. The van der Waals surface area contributed by atoms with Gasteiger partial charge in [0.15, 0.2) is 0 Å². The Morgan fingerprint density at radius 2 is 2.10 bits per heavy atom. The number of pyridine rings is 1. The lowest BCUT2D eigenvalue weighted by atomic mass is 9.89. The van der Waals surface area contributed by atoms with Gasteiger partial charge in [-0.25, -0.2) is 0 Å². The topological polar surface area (TPSA) is 70.5 Å². The molecule has 1 aromatic heterocycles. The van der Waals surface area contributed by atoms with Crippen LogP contribution in [0.25, 0.3) is 0 Å². The number of nitrogens with zero attached hydrogens (tertiary/aromatic N) is 2. The zero-order valence-corrected chi connectivity index (χ0v) is 12.5. The van der Waals surface area contributed by atoms with Gasteiger partial charge in [0.1, 0.15) is 0 Å². The van der Waals surface area contributed by atoms with Gasteiger partial charge in [0, 0.05) is 25.4 Å². The first kappa shape index (κ1) is 15.5. The monoisotopic (exact) mass is 290 g/mol. The highest BCUT2D eigenvalue weighted by atomic mass is 16.4. The summed E-state index contributed by atoms with van der Waals surface area (Å²) < 4.78 is 0. The average molecular weight is 290 g/mol. The fourth-order valence-corrected chi connectivity index (χ4v) is 2.99. The Labute approximate surface area is 125 Å². The number of aromatic nitrogens is 1. The van der Waals surface area contributed by atoms with E-state index in [1.807, 2.05) is 26.0 Å². The van der Waals surface area contributed by atoms with E-state index in [2.05, 4.69) is 4.98 Å². The molecule has 0 saturated carbocycles. The van der Waals surface area contributed by atoms with Crippen molar-refractivity contribution in [3.05, 3.63) is 30.1 Å². The summed E-state index contributed by atoms with van der Waals surface area (Å²) in [4.78, 5) is 29.8. The minimum absolute atomic E-state index is 0.0502. The van der Waals surface area contributed by atoms with Gasteiger partial charge in [-0.2, -0.15) is 0 Å². The number of likely N-dealkylation sites (tertiary alicyclic amines) is 1. The molecule has 0 aromatic carbocycles. The van der Waals surface area contributed by atoms with Crippen molar-refractivity contribution in [2.45, 2.75) is 39.2 Å². The van der Waals surface area contributed by atoms with Gasteiger partial charge in [-0.1, -0.05) is 13.8 Å². The number of rotatable bonds is 4. The third-order valence-corrected chi connectivity index (χ3v) is 3.87. The Morgan fingerprint density at radius 1 is 1.43 bits per heavy atom. The fraction of sp³-hybridized carbons (Fsp3) is 0.562. The second kappa shape index (κ2) is 6.70. The molecule has 1 aromatic rings. The number of hydrogen-bond acceptors (Lipinski definition) is 3. The molecule has 2 rings (SSSR count). The molecule has 2 unspecified atom stereocenters. The maximum Gasteiger partial charge on any atom is 0.308 e. The SMILES string of the molecule is CC(C)CN1C(=O)CCCC(C(=O)O)C1c1ccncc1. The molecule has 1 amide bonds. The molecule has 1 aliphatic heterocycles. The van der Waals surface area contributed by atoms with E-state index < -0.39 is 17.9 Å². The zero-order valence-electron chi connectivity index (χ0n) is 12.5. The molecule has 5 heteroatoms. The van der Waals surface area contributed by atoms with Crippen molar-refractivity contribution in [3.63, 3.8) is 0 Å². The molecule has 21 heavy (non-hydrogen) atoms. The molecule has 0 spiro atoms. The summed E-state index contributed by atoms with van der Waals surface area (Å²) in [5.74, 6) is -1.04. The molecular weight excluding hydrogens is 268 g/mol.